The zero-order valence-corrected chi connectivity index (χ0v) is 13.9. The molecule has 118 valence electrons. The van der Waals surface area contributed by atoms with Crippen LogP contribution in [0.2, 0.25) is 0 Å². The summed E-state index contributed by atoms with van der Waals surface area (Å²) >= 11 is 0. The lowest BCUT2D eigenvalue weighted by Crippen LogP contribution is -2.14. The molecule has 1 aromatic carbocycles. The van der Waals surface area contributed by atoms with Gasteiger partial charge in [-0.05, 0) is 43.7 Å². The Labute approximate surface area is 128 Å². The zero-order valence-electron chi connectivity index (χ0n) is 13.1. The van der Waals surface area contributed by atoms with Crippen LogP contribution in [0.5, 0.6) is 0 Å². The summed E-state index contributed by atoms with van der Waals surface area (Å²) in [5.41, 5.74) is 2.08. The Morgan fingerprint density at radius 3 is 2.57 bits per heavy atom. The van der Waals surface area contributed by atoms with E-state index in [2.05, 4.69) is 0 Å². The Kier molecular flexibility index (Phi) is 5.82. The fraction of sp³-hybridized carbons (Fsp3) is 0.647. The molecule has 0 aliphatic heterocycles. The molecule has 1 aliphatic carbocycles. The fourth-order valence-electron chi connectivity index (χ4n) is 3.00. The van der Waals surface area contributed by atoms with E-state index < -0.39 is 10.1 Å². The van der Waals surface area contributed by atoms with Crippen LogP contribution in [0.4, 0.5) is 0 Å². The number of rotatable bonds is 6. The van der Waals surface area contributed by atoms with Crippen LogP contribution >= 0.6 is 0 Å². The second-order valence-electron chi connectivity index (χ2n) is 6.01. The van der Waals surface area contributed by atoms with Gasteiger partial charge in [0.05, 0.1) is 11.5 Å². The van der Waals surface area contributed by atoms with E-state index >= 15 is 0 Å². The molecule has 0 bridgehead atoms. The molecule has 0 aromatic heterocycles. The van der Waals surface area contributed by atoms with Gasteiger partial charge < -0.3 is 0 Å². The third kappa shape index (κ3) is 4.30. The van der Waals surface area contributed by atoms with Crippen LogP contribution < -0.4 is 0 Å². The van der Waals surface area contributed by atoms with Crippen molar-refractivity contribution in [2.45, 2.75) is 69.6 Å². The quantitative estimate of drug-likeness (QED) is 0.572. The van der Waals surface area contributed by atoms with Crippen molar-refractivity contribution < 1.29 is 12.6 Å². The Bertz CT molecular complexity index is 557. The predicted octanol–water partition coefficient (Wildman–Crippen LogP) is 4.55. The van der Waals surface area contributed by atoms with Gasteiger partial charge in [0, 0.05) is 0 Å². The van der Waals surface area contributed by atoms with Crippen molar-refractivity contribution in [3.8, 4) is 0 Å². The van der Waals surface area contributed by atoms with Crippen LogP contribution in [0.15, 0.2) is 23.1 Å². The van der Waals surface area contributed by atoms with E-state index in [1.807, 2.05) is 26.0 Å². The first-order valence-corrected chi connectivity index (χ1v) is 9.45. The molecule has 0 heterocycles. The lowest BCUT2D eigenvalue weighted by molar-refractivity contribution is 0.309. The summed E-state index contributed by atoms with van der Waals surface area (Å²) in [6.07, 6.45) is 7.51. The molecule has 1 saturated carbocycles. The van der Waals surface area contributed by atoms with Crippen LogP contribution in [0, 0.1) is 6.92 Å². The molecule has 0 amide bonds. The minimum atomic E-state index is -3.63. The second kappa shape index (κ2) is 7.41. The van der Waals surface area contributed by atoms with Crippen LogP contribution in [0.1, 0.15) is 68.9 Å². The Morgan fingerprint density at radius 2 is 1.90 bits per heavy atom. The maximum absolute atomic E-state index is 12.5. The number of unbranched alkanes of at least 4 members (excludes halogenated alkanes) is 1. The number of hydrogen-bond acceptors (Lipinski definition) is 3. The van der Waals surface area contributed by atoms with Crippen LogP contribution in [0.3, 0.4) is 0 Å². The van der Waals surface area contributed by atoms with E-state index in [0.29, 0.717) is 10.8 Å². The molecule has 2 rings (SSSR count). The molecule has 0 N–H and O–H groups in total. The van der Waals surface area contributed by atoms with Crippen molar-refractivity contribution in [3.63, 3.8) is 0 Å². The molecule has 1 fully saturated rings. The van der Waals surface area contributed by atoms with Gasteiger partial charge in [0.2, 0.25) is 0 Å². The van der Waals surface area contributed by atoms with Gasteiger partial charge >= 0.3 is 0 Å². The number of aryl methyl sites for hydroxylation is 1. The standard InChI is InChI=1S/C17H26O3S/c1-3-4-12-20-21(18,19)17-11-10-14(2)13-16(17)15-8-6-5-7-9-15/h10-11,13,15H,3-9,12H2,1-2H3. The smallest absolute Gasteiger partial charge is 0.266 e. The zero-order chi connectivity index (χ0) is 15.3. The van der Waals surface area contributed by atoms with Crippen LogP contribution in [-0.4, -0.2) is 15.0 Å². The van der Waals surface area contributed by atoms with Gasteiger partial charge in [-0.1, -0.05) is 50.3 Å². The first kappa shape index (κ1) is 16.5. The Hall–Kier alpha value is -0.870. The van der Waals surface area contributed by atoms with E-state index in [4.69, 9.17) is 4.18 Å². The maximum Gasteiger partial charge on any atom is 0.297 e. The summed E-state index contributed by atoms with van der Waals surface area (Å²) in [4.78, 5) is 0.385. The molecule has 21 heavy (non-hydrogen) atoms. The summed E-state index contributed by atoms with van der Waals surface area (Å²) in [5.74, 6) is 0.359. The molecular formula is C17H26O3S. The molecule has 0 saturated heterocycles. The van der Waals surface area contributed by atoms with Crippen LogP contribution in [0.25, 0.3) is 0 Å². The van der Waals surface area contributed by atoms with Crippen molar-refractivity contribution in [2.75, 3.05) is 6.61 Å². The summed E-state index contributed by atoms with van der Waals surface area (Å²) in [5, 5.41) is 0. The van der Waals surface area contributed by atoms with Gasteiger partial charge in [0.15, 0.2) is 0 Å². The van der Waals surface area contributed by atoms with Gasteiger partial charge in [-0.3, -0.25) is 4.18 Å². The van der Waals surface area contributed by atoms with Crippen molar-refractivity contribution >= 4 is 10.1 Å². The number of hydrogen-bond donors (Lipinski definition) is 0. The maximum atomic E-state index is 12.5. The molecular weight excluding hydrogens is 284 g/mol. The molecule has 1 aromatic rings. The highest BCUT2D eigenvalue weighted by molar-refractivity contribution is 7.86. The summed E-state index contributed by atoms with van der Waals surface area (Å²) in [6.45, 7) is 4.31. The topological polar surface area (TPSA) is 43.4 Å². The molecule has 0 unspecified atom stereocenters. The lowest BCUT2D eigenvalue weighted by Gasteiger charge is -2.24. The Balaban J connectivity index is 2.29. The molecule has 4 heteroatoms. The van der Waals surface area contributed by atoms with Gasteiger partial charge in [0.25, 0.3) is 10.1 Å². The molecule has 0 atom stereocenters. The third-order valence-corrected chi connectivity index (χ3v) is 5.60. The number of benzene rings is 1. The highest BCUT2D eigenvalue weighted by atomic mass is 32.2. The molecule has 3 nitrogen and oxygen atoms in total. The normalized spacial score (nSPS) is 17.0. The minimum Gasteiger partial charge on any atom is -0.266 e. The molecule has 1 aliphatic rings. The van der Waals surface area contributed by atoms with Gasteiger partial charge in [0.1, 0.15) is 0 Å². The second-order valence-corrected chi connectivity index (χ2v) is 7.59. The first-order chi connectivity index (χ1) is 10.0. The largest absolute Gasteiger partial charge is 0.297 e. The van der Waals surface area contributed by atoms with Crippen molar-refractivity contribution in [2.24, 2.45) is 0 Å². The van der Waals surface area contributed by atoms with Gasteiger partial charge in [-0.15, -0.1) is 0 Å². The molecule has 0 radical (unpaired) electrons. The van der Waals surface area contributed by atoms with Gasteiger partial charge in [-0.2, -0.15) is 8.42 Å². The average molecular weight is 310 g/mol. The summed E-state index contributed by atoms with van der Waals surface area (Å²) in [7, 11) is -3.63. The van der Waals surface area contributed by atoms with Crippen molar-refractivity contribution in [1.29, 1.82) is 0 Å². The Morgan fingerprint density at radius 1 is 1.19 bits per heavy atom. The highest BCUT2D eigenvalue weighted by Crippen LogP contribution is 2.36. The van der Waals surface area contributed by atoms with E-state index in [0.717, 1.165) is 36.8 Å². The minimum absolute atomic E-state index is 0.275. The average Bonchev–Trinajstić information content (AvgIpc) is 2.48. The highest BCUT2D eigenvalue weighted by Gasteiger charge is 2.25. The van der Waals surface area contributed by atoms with E-state index in [1.165, 1.54) is 19.3 Å². The summed E-state index contributed by atoms with van der Waals surface area (Å²) < 4.78 is 30.1. The molecule has 0 spiro atoms. The van der Waals surface area contributed by atoms with Crippen molar-refractivity contribution in [1.82, 2.24) is 0 Å². The van der Waals surface area contributed by atoms with Gasteiger partial charge in [-0.25, -0.2) is 0 Å². The fourth-order valence-corrected chi connectivity index (χ4v) is 4.22. The van der Waals surface area contributed by atoms with E-state index in [1.54, 1.807) is 6.07 Å². The lowest BCUT2D eigenvalue weighted by atomic mass is 9.83. The first-order valence-electron chi connectivity index (χ1n) is 8.04. The summed E-state index contributed by atoms with van der Waals surface area (Å²) in [6, 6.07) is 5.62. The van der Waals surface area contributed by atoms with Crippen LogP contribution in [-0.2, 0) is 14.3 Å². The van der Waals surface area contributed by atoms with E-state index in [9.17, 15) is 8.42 Å². The third-order valence-electron chi connectivity index (χ3n) is 4.22. The predicted molar refractivity (Wildman–Crippen MR) is 85.1 cm³/mol. The monoisotopic (exact) mass is 310 g/mol. The SMILES string of the molecule is CCCCOS(=O)(=O)c1ccc(C)cc1C1CCCCC1. The van der Waals surface area contributed by atoms with E-state index in [-0.39, 0.29) is 6.61 Å². The van der Waals surface area contributed by atoms with Crippen molar-refractivity contribution in [3.05, 3.63) is 29.3 Å².